The maximum atomic E-state index is 13.5. The second-order valence-electron chi connectivity index (χ2n) is 7.61. The molecule has 3 aromatic rings. The van der Waals surface area contributed by atoms with Crippen LogP contribution in [0.25, 0.3) is 11.3 Å². The minimum Gasteiger partial charge on any atom is -0.497 e. The molecular weight excluding hydrogens is 454 g/mol. The average molecular weight is 475 g/mol. The number of piperazine rings is 1. The predicted molar refractivity (Wildman–Crippen MR) is 118 cm³/mol. The van der Waals surface area contributed by atoms with Crippen LogP contribution in [0.3, 0.4) is 0 Å². The molecule has 1 N–H and O–H groups in total. The van der Waals surface area contributed by atoms with Gasteiger partial charge in [-0.05, 0) is 42.5 Å². The number of rotatable bonds is 4. The Hall–Kier alpha value is -3.89. The van der Waals surface area contributed by atoms with Gasteiger partial charge in [-0.3, -0.25) is 0 Å². The third-order valence-corrected chi connectivity index (χ3v) is 5.43. The molecule has 1 aliphatic rings. The number of aromatic nitrogens is 2. The number of hydrogen-bond donors (Lipinski definition) is 1. The second kappa shape index (κ2) is 9.54. The number of benzene rings is 2. The van der Waals surface area contributed by atoms with Crippen molar-refractivity contribution in [3.8, 4) is 17.0 Å². The van der Waals surface area contributed by atoms with Crippen molar-refractivity contribution >= 4 is 17.5 Å². The van der Waals surface area contributed by atoms with Gasteiger partial charge in [0.05, 0.1) is 18.4 Å². The zero-order valence-corrected chi connectivity index (χ0v) is 18.1. The van der Waals surface area contributed by atoms with Crippen molar-refractivity contribution in [2.75, 3.05) is 43.5 Å². The van der Waals surface area contributed by atoms with E-state index in [4.69, 9.17) is 4.74 Å². The van der Waals surface area contributed by atoms with Gasteiger partial charge in [0.2, 0.25) is 0 Å². The molecule has 0 atom stereocenters. The molecule has 2 aromatic carbocycles. The summed E-state index contributed by atoms with van der Waals surface area (Å²) in [5.74, 6) is -0.0225. The first-order valence-corrected chi connectivity index (χ1v) is 10.4. The summed E-state index contributed by atoms with van der Waals surface area (Å²) in [6.07, 6.45) is -4.85. The van der Waals surface area contributed by atoms with E-state index in [1.807, 2.05) is 41.3 Å². The fourth-order valence-electron chi connectivity index (χ4n) is 3.59. The number of carbonyl (C=O) groups excluding carboxylic acids is 1. The van der Waals surface area contributed by atoms with Gasteiger partial charge >= 0.3 is 12.2 Å². The maximum absolute atomic E-state index is 13.5. The Bertz CT molecular complexity index is 1160. The van der Waals surface area contributed by atoms with Crippen molar-refractivity contribution < 1.29 is 27.1 Å². The number of halogens is 4. The molecular formula is C23H21F4N5O2. The first kappa shape index (κ1) is 23.3. The number of carbonyl (C=O) groups is 1. The smallest absolute Gasteiger partial charge is 0.419 e. The molecule has 0 aliphatic carbocycles. The van der Waals surface area contributed by atoms with E-state index in [2.05, 4.69) is 15.5 Å². The third-order valence-electron chi connectivity index (χ3n) is 5.43. The summed E-state index contributed by atoms with van der Waals surface area (Å²) in [6.45, 7) is 1.60. The van der Waals surface area contributed by atoms with Crippen LogP contribution in [0.2, 0.25) is 0 Å². The predicted octanol–water partition coefficient (Wildman–Crippen LogP) is 4.66. The Kier molecular flexibility index (Phi) is 6.53. The van der Waals surface area contributed by atoms with Gasteiger partial charge in [0.25, 0.3) is 0 Å². The SMILES string of the molecule is COc1cccc(-c2ccc(N3CCN(C(=O)Nc4ccc(F)c(C(F)(F)F)c4)CC3)nn2)c1. The van der Waals surface area contributed by atoms with Crippen LogP contribution in [0, 0.1) is 5.82 Å². The van der Waals surface area contributed by atoms with E-state index in [1.165, 1.54) is 4.90 Å². The van der Waals surface area contributed by atoms with Crippen molar-refractivity contribution in [3.63, 3.8) is 0 Å². The lowest BCUT2D eigenvalue weighted by Gasteiger charge is -2.35. The second-order valence-corrected chi connectivity index (χ2v) is 7.61. The number of ether oxygens (including phenoxy) is 1. The topological polar surface area (TPSA) is 70.6 Å². The molecule has 0 radical (unpaired) electrons. The minimum atomic E-state index is -4.85. The van der Waals surface area contributed by atoms with Crippen LogP contribution >= 0.6 is 0 Å². The van der Waals surface area contributed by atoms with Gasteiger partial charge in [0.1, 0.15) is 11.6 Å². The Morgan fingerprint density at radius 3 is 2.41 bits per heavy atom. The van der Waals surface area contributed by atoms with Gasteiger partial charge in [-0.25, -0.2) is 9.18 Å². The van der Waals surface area contributed by atoms with E-state index >= 15 is 0 Å². The zero-order chi connectivity index (χ0) is 24.3. The lowest BCUT2D eigenvalue weighted by Crippen LogP contribution is -2.50. The molecule has 0 saturated carbocycles. The molecule has 7 nitrogen and oxygen atoms in total. The van der Waals surface area contributed by atoms with Gasteiger partial charge in [-0.15, -0.1) is 10.2 Å². The highest BCUT2D eigenvalue weighted by atomic mass is 19.4. The first-order valence-electron chi connectivity index (χ1n) is 10.4. The average Bonchev–Trinajstić information content (AvgIpc) is 2.85. The number of alkyl halides is 3. The summed E-state index contributed by atoms with van der Waals surface area (Å²) in [5, 5.41) is 11.0. The summed E-state index contributed by atoms with van der Waals surface area (Å²) in [6, 6.07) is 13.0. The van der Waals surface area contributed by atoms with Crippen LogP contribution in [0.4, 0.5) is 33.9 Å². The quantitative estimate of drug-likeness (QED) is 0.556. The molecule has 2 amide bonds. The third kappa shape index (κ3) is 5.19. The van der Waals surface area contributed by atoms with E-state index in [9.17, 15) is 22.4 Å². The molecule has 2 heterocycles. The molecule has 11 heteroatoms. The van der Waals surface area contributed by atoms with Crippen LogP contribution in [0.15, 0.2) is 54.6 Å². The van der Waals surface area contributed by atoms with Crippen molar-refractivity contribution in [2.24, 2.45) is 0 Å². The summed E-state index contributed by atoms with van der Waals surface area (Å²) in [4.78, 5) is 15.9. The Morgan fingerprint density at radius 1 is 1.00 bits per heavy atom. The highest BCUT2D eigenvalue weighted by Gasteiger charge is 2.34. The molecule has 4 rings (SSSR count). The maximum Gasteiger partial charge on any atom is 0.419 e. The van der Waals surface area contributed by atoms with Crippen LogP contribution in [0.5, 0.6) is 5.75 Å². The summed E-state index contributed by atoms with van der Waals surface area (Å²) >= 11 is 0. The highest BCUT2D eigenvalue weighted by Crippen LogP contribution is 2.33. The Labute approximate surface area is 193 Å². The number of urea groups is 1. The summed E-state index contributed by atoms with van der Waals surface area (Å²) < 4.78 is 57.4. The van der Waals surface area contributed by atoms with Crippen molar-refractivity contribution in [3.05, 3.63) is 66.0 Å². The highest BCUT2D eigenvalue weighted by molar-refractivity contribution is 5.89. The standard InChI is InChI=1S/C23H21F4N5O2/c1-34-17-4-2-3-15(13-17)20-7-8-21(30-29-20)31-9-11-32(12-10-31)22(33)28-16-5-6-19(24)18(14-16)23(25,26)27/h2-8,13-14H,9-12H2,1H3,(H,28,33). The van der Waals surface area contributed by atoms with Crippen molar-refractivity contribution in [2.45, 2.75) is 6.18 Å². The molecule has 0 spiro atoms. The largest absolute Gasteiger partial charge is 0.497 e. The van der Waals surface area contributed by atoms with Gasteiger partial charge in [-0.1, -0.05) is 12.1 Å². The zero-order valence-electron chi connectivity index (χ0n) is 18.1. The Morgan fingerprint density at radius 2 is 1.76 bits per heavy atom. The Balaban J connectivity index is 1.35. The fourth-order valence-corrected chi connectivity index (χ4v) is 3.59. The normalized spacial score (nSPS) is 14.1. The van der Waals surface area contributed by atoms with E-state index < -0.39 is 23.6 Å². The molecule has 0 unspecified atom stereocenters. The van der Waals surface area contributed by atoms with Crippen LogP contribution in [-0.4, -0.2) is 54.4 Å². The van der Waals surface area contributed by atoms with Gasteiger partial charge in [-0.2, -0.15) is 13.2 Å². The molecule has 178 valence electrons. The number of nitrogens with zero attached hydrogens (tertiary/aromatic N) is 4. The molecule has 34 heavy (non-hydrogen) atoms. The first-order chi connectivity index (χ1) is 16.2. The van der Waals surface area contributed by atoms with E-state index in [-0.39, 0.29) is 5.69 Å². The van der Waals surface area contributed by atoms with E-state index in [1.54, 1.807) is 7.11 Å². The molecule has 1 aliphatic heterocycles. The van der Waals surface area contributed by atoms with Crippen molar-refractivity contribution in [1.29, 1.82) is 0 Å². The summed E-state index contributed by atoms with van der Waals surface area (Å²) in [5.41, 5.74) is 0.0128. The fraction of sp³-hybridized carbons (Fsp3) is 0.261. The molecule has 1 aromatic heterocycles. The minimum absolute atomic E-state index is 0.125. The number of methoxy groups -OCH3 is 1. The molecule has 0 bridgehead atoms. The number of nitrogens with one attached hydrogen (secondary N) is 1. The van der Waals surface area contributed by atoms with E-state index in [0.29, 0.717) is 55.6 Å². The van der Waals surface area contributed by atoms with Crippen molar-refractivity contribution in [1.82, 2.24) is 15.1 Å². The molecule has 1 saturated heterocycles. The van der Waals surface area contributed by atoms with Crippen LogP contribution < -0.4 is 15.0 Å². The number of amides is 2. The monoisotopic (exact) mass is 475 g/mol. The van der Waals surface area contributed by atoms with E-state index in [0.717, 1.165) is 11.6 Å². The number of hydrogen-bond acceptors (Lipinski definition) is 5. The lowest BCUT2D eigenvalue weighted by molar-refractivity contribution is -0.139. The number of anilines is 2. The van der Waals surface area contributed by atoms with Gasteiger partial charge in [0, 0.05) is 37.4 Å². The van der Waals surface area contributed by atoms with Gasteiger partial charge in [0.15, 0.2) is 5.82 Å². The van der Waals surface area contributed by atoms with Crippen LogP contribution in [0.1, 0.15) is 5.56 Å². The molecule has 1 fully saturated rings. The van der Waals surface area contributed by atoms with Gasteiger partial charge < -0.3 is 19.9 Å². The lowest BCUT2D eigenvalue weighted by atomic mass is 10.1. The van der Waals surface area contributed by atoms with Crippen LogP contribution in [-0.2, 0) is 6.18 Å². The summed E-state index contributed by atoms with van der Waals surface area (Å²) in [7, 11) is 1.59.